The van der Waals surface area contributed by atoms with Gasteiger partial charge in [-0.1, -0.05) is 94.4 Å². The molecule has 4 nitrogen and oxygen atoms in total. The molecular formula is C49H40IrN4-2. The Hall–Kier alpha value is -5.92. The molecule has 0 N–H and O–H groups in total. The molecule has 0 saturated heterocycles. The van der Waals surface area contributed by atoms with Crippen LogP contribution in [-0.2, 0) is 20.1 Å². The van der Waals surface area contributed by atoms with E-state index >= 15 is 0 Å². The summed E-state index contributed by atoms with van der Waals surface area (Å²) in [6, 6.07) is 60.3. The topological polar surface area (TPSA) is 54.5 Å². The fourth-order valence-electron chi connectivity index (χ4n) is 6.63. The second-order valence-electron chi connectivity index (χ2n) is 13.6. The van der Waals surface area contributed by atoms with Crippen LogP contribution in [0.4, 0.5) is 0 Å². The molecule has 267 valence electrons. The molecular weight excluding hydrogens is 837 g/mol. The van der Waals surface area contributed by atoms with Crippen molar-refractivity contribution in [1.29, 1.82) is 5.26 Å². The Morgan fingerprint density at radius 2 is 1.17 bits per heavy atom. The molecule has 0 spiro atoms. The van der Waals surface area contributed by atoms with E-state index < -0.39 is 0 Å². The van der Waals surface area contributed by atoms with Gasteiger partial charge in [-0.3, -0.25) is 4.98 Å². The van der Waals surface area contributed by atoms with Crippen molar-refractivity contribution in [2.45, 2.75) is 39.5 Å². The molecule has 0 aliphatic heterocycles. The summed E-state index contributed by atoms with van der Waals surface area (Å²) in [5.74, 6) is 1.35. The zero-order chi connectivity index (χ0) is 36.7. The van der Waals surface area contributed by atoms with Crippen LogP contribution in [0.15, 0.2) is 158 Å². The summed E-state index contributed by atoms with van der Waals surface area (Å²) in [5.41, 5.74) is 13.8. The first-order chi connectivity index (χ1) is 25.9. The number of hydrogen-bond donors (Lipinski definition) is 0. The van der Waals surface area contributed by atoms with E-state index in [2.05, 4.69) is 122 Å². The average molecular weight is 877 g/mol. The Bertz CT molecular complexity index is 2420. The summed E-state index contributed by atoms with van der Waals surface area (Å²) in [7, 11) is 0. The minimum Gasteiger partial charge on any atom is -0.333 e. The van der Waals surface area contributed by atoms with Gasteiger partial charge in [0.2, 0.25) is 0 Å². The summed E-state index contributed by atoms with van der Waals surface area (Å²) in [6.07, 6.45) is 1.79. The Kier molecular flexibility index (Phi) is 12.1. The molecule has 0 unspecified atom stereocenters. The van der Waals surface area contributed by atoms with Crippen LogP contribution < -0.4 is 0 Å². The number of nitrogens with zero attached hydrogens (tertiary/aromatic N) is 4. The van der Waals surface area contributed by atoms with E-state index in [0.29, 0.717) is 5.56 Å². The summed E-state index contributed by atoms with van der Waals surface area (Å²) < 4.78 is 2.26. The van der Waals surface area contributed by atoms with Gasteiger partial charge in [0.1, 0.15) is 0 Å². The van der Waals surface area contributed by atoms with E-state index in [1.807, 2.05) is 84.9 Å². The van der Waals surface area contributed by atoms with Crippen LogP contribution in [0, 0.1) is 23.5 Å². The SMILES string of the molecule is CC(C)c1cc(-c2ccc(-c3ccccc3)cc2)cc(C(C)C)c1-n1c(-c2[c-]cccc2)nc2ccc(C#N)cc21.[Ir].[c-]1ccccc1-c1ccccn1. The maximum Gasteiger partial charge on any atom is 0.0992 e. The number of imidazole rings is 1. The quantitative estimate of drug-likeness (QED) is 0.150. The predicted octanol–water partition coefficient (Wildman–Crippen LogP) is 12.5. The maximum absolute atomic E-state index is 9.74. The van der Waals surface area contributed by atoms with E-state index in [4.69, 9.17) is 4.98 Å². The minimum absolute atomic E-state index is 0. The van der Waals surface area contributed by atoms with Gasteiger partial charge in [-0.15, -0.1) is 71.8 Å². The Balaban J connectivity index is 0.000000324. The van der Waals surface area contributed by atoms with Crippen molar-refractivity contribution in [3.05, 3.63) is 187 Å². The third-order valence-electron chi connectivity index (χ3n) is 9.35. The van der Waals surface area contributed by atoms with Gasteiger partial charge < -0.3 is 9.55 Å². The minimum atomic E-state index is 0. The van der Waals surface area contributed by atoms with E-state index in [1.165, 1.54) is 33.4 Å². The number of pyridine rings is 1. The smallest absolute Gasteiger partial charge is 0.0992 e. The van der Waals surface area contributed by atoms with E-state index in [1.54, 1.807) is 6.20 Å². The molecule has 5 heteroatoms. The third-order valence-corrected chi connectivity index (χ3v) is 9.35. The first-order valence-electron chi connectivity index (χ1n) is 18.0. The molecule has 54 heavy (non-hydrogen) atoms. The number of benzene rings is 6. The van der Waals surface area contributed by atoms with Crippen molar-refractivity contribution in [2.75, 3.05) is 0 Å². The molecule has 2 aromatic heterocycles. The summed E-state index contributed by atoms with van der Waals surface area (Å²) in [4.78, 5) is 9.29. The van der Waals surface area contributed by atoms with Crippen molar-refractivity contribution >= 4 is 11.0 Å². The second kappa shape index (κ2) is 17.3. The summed E-state index contributed by atoms with van der Waals surface area (Å²) >= 11 is 0. The maximum atomic E-state index is 9.74. The van der Waals surface area contributed by atoms with Crippen molar-refractivity contribution in [3.63, 3.8) is 0 Å². The molecule has 0 atom stereocenters. The Morgan fingerprint density at radius 1 is 0.593 bits per heavy atom. The van der Waals surface area contributed by atoms with Gasteiger partial charge in [0, 0.05) is 32.0 Å². The molecule has 0 aliphatic carbocycles. The number of nitriles is 1. The number of hydrogen-bond acceptors (Lipinski definition) is 3. The van der Waals surface area contributed by atoms with Gasteiger partial charge in [0.15, 0.2) is 0 Å². The van der Waals surface area contributed by atoms with Gasteiger partial charge in [-0.25, -0.2) is 0 Å². The normalized spacial score (nSPS) is 10.8. The largest absolute Gasteiger partial charge is 0.333 e. The molecule has 0 saturated carbocycles. The molecule has 2 heterocycles. The van der Waals surface area contributed by atoms with Crippen LogP contribution in [0.25, 0.3) is 61.6 Å². The second-order valence-corrected chi connectivity index (χ2v) is 13.6. The molecule has 1 radical (unpaired) electrons. The van der Waals surface area contributed by atoms with E-state index in [-0.39, 0.29) is 31.9 Å². The third kappa shape index (κ3) is 8.17. The first kappa shape index (κ1) is 37.8. The predicted molar refractivity (Wildman–Crippen MR) is 218 cm³/mol. The molecule has 8 rings (SSSR count). The molecule has 0 aliphatic rings. The Morgan fingerprint density at radius 3 is 1.72 bits per heavy atom. The molecule has 6 aromatic carbocycles. The zero-order valence-corrected chi connectivity index (χ0v) is 33.2. The van der Waals surface area contributed by atoms with E-state index in [0.717, 1.165) is 39.4 Å². The molecule has 0 amide bonds. The van der Waals surface area contributed by atoms with Crippen molar-refractivity contribution in [3.8, 4) is 56.7 Å². The van der Waals surface area contributed by atoms with E-state index in [9.17, 15) is 5.26 Å². The van der Waals surface area contributed by atoms with Gasteiger partial charge in [0.05, 0.1) is 28.5 Å². The fourth-order valence-corrected chi connectivity index (χ4v) is 6.63. The van der Waals surface area contributed by atoms with Crippen molar-refractivity contribution < 1.29 is 20.1 Å². The molecule has 0 fully saturated rings. The first-order valence-corrected chi connectivity index (χ1v) is 18.0. The van der Waals surface area contributed by atoms with Crippen LogP contribution in [0.1, 0.15) is 56.2 Å². The van der Waals surface area contributed by atoms with Gasteiger partial charge in [-0.2, -0.15) is 5.26 Å². The Labute approximate surface area is 332 Å². The zero-order valence-electron chi connectivity index (χ0n) is 30.8. The van der Waals surface area contributed by atoms with Crippen LogP contribution in [-0.4, -0.2) is 14.5 Å². The fraction of sp³-hybridized carbons (Fsp3) is 0.122. The molecule has 8 aromatic rings. The number of aromatic nitrogens is 3. The summed E-state index contributed by atoms with van der Waals surface area (Å²) in [5, 5.41) is 9.74. The number of fused-ring (bicyclic) bond motifs is 1. The van der Waals surface area contributed by atoms with Gasteiger partial charge >= 0.3 is 0 Å². The van der Waals surface area contributed by atoms with Crippen molar-refractivity contribution in [1.82, 2.24) is 14.5 Å². The number of rotatable bonds is 7. The standard InChI is InChI=1S/C38H32N3.C11H8N.Ir/c1-25(2)33-22-32(30-18-16-29(17-19-30)28-11-7-5-8-12-28)23-34(26(3)4)37(33)41-36-21-27(24-39)15-20-35(36)40-38(41)31-13-9-6-10-14-31;1-2-6-10(7-3-1)11-8-4-5-9-12-11;/h5-13,15-23,25-26H,1-4H3;1-6,8-9H;/q2*-1;. The average Bonchev–Trinajstić information content (AvgIpc) is 3.60. The van der Waals surface area contributed by atoms with Crippen LogP contribution in [0.2, 0.25) is 0 Å². The molecule has 0 bridgehead atoms. The van der Waals surface area contributed by atoms with Gasteiger partial charge in [-0.05, 0) is 87.3 Å². The van der Waals surface area contributed by atoms with Gasteiger partial charge in [0.25, 0.3) is 0 Å². The monoisotopic (exact) mass is 877 g/mol. The van der Waals surface area contributed by atoms with Crippen LogP contribution in [0.5, 0.6) is 0 Å². The summed E-state index contributed by atoms with van der Waals surface area (Å²) in [6.45, 7) is 9.00. The van der Waals surface area contributed by atoms with Crippen molar-refractivity contribution in [2.24, 2.45) is 0 Å². The van der Waals surface area contributed by atoms with Crippen LogP contribution in [0.3, 0.4) is 0 Å². The van der Waals surface area contributed by atoms with Crippen LogP contribution >= 0.6 is 0 Å².